The highest BCUT2D eigenvalue weighted by atomic mass is 16.6. The van der Waals surface area contributed by atoms with Gasteiger partial charge in [-0.15, -0.1) is 0 Å². The molecule has 60 valence electrons. The van der Waals surface area contributed by atoms with Gasteiger partial charge in [0.05, 0.1) is 0 Å². The second-order valence-corrected chi connectivity index (χ2v) is 2.71. The molecular weight excluding hydrogens is 130 g/mol. The molecule has 0 saturated heterocycles. The molecule has 0 heterocycles. The molecule has 0 unspecified atom stereocenters. The second-order valence-electron chi connectivity index (χ2n) is 2.71. The van der Waals surface area contributed by atoms with Crippen LogP contribution in [-0.2, 0) is 9.53 Å². The van der Waals surface area contributed by atoms with Crippen molar-refractivity contribution in [3.63, 3.8) is 0 Å². The van der Waals surface area contributed by atoms with Gasteiger partial charge in [-0.2, -0.15) is 0 Å². The number of ether oxygens (including phenoxy) is 1. The van der Waals surface area contributed by atoms with Crippen LogP contribution in [0.2, 0.25) is 0 Å². The molecule has 0 aliphatic heterocycles. The summed E-state index contributed by atoms with van der Waals surface area (Å²) in [5.41, 5.74) is -0.328. The molecule has 0 aromatic heterocycles. The molecule has 0 rings (SSSR count). The van der Waals surface area contributed by atoms with Crippen LogP contribution in [0.4, 0.5) is 0 Å². The minimum Gasteiger partial charge on any atom is -0.460 e. The van der Waals surface area contributed by atoms with Gasteiger partial charge in [0.1, 0.15) is 5.60 Å². The molecule has 1 N–H and O–H groups in total. The summed E-state index contributed by atoms with van der Waals surface area (Å²) in [6, 6.07) is 0. The van der Waals surface area contributed by atoms with E-state index in [0.717, 1.165) is 0 Å². The van der Waals surface area contributed by atoms with Crippen LogP contribution in [0.1, 0.15) is 27.7 Å². The Balaban J connectivity index is 0. The van der Waals surface area contributed by atoms with E-state index >= 15 is 0 Å². The smallest absolute Gasteiger partial charge is 0.303 e. The van der Waals surface area contributed by atoms with Crippen LogP contribution in [0.15, 0.2) is 0 Å². The second kappa shape index (κ2) is 4.97. The summed E-state index contributed by atoms with van der Waals surface area (Å²) in [7, 11) is 0. The topological polar surface area (TPSA) is 50.2 Å². The fourth-order valence-corrected chi connectivity index (χ4v) is 0.431. The third kappa shape index (κ3) is 15.7. The van der Waals surface area contributed by atoms with E-state index < -0.39 is 0 Å². The first-order chi connectivity index (χ1) is 4.42. The van der Waals surface area contributed by atoms with Crippen LogP contribution in [0.25, 0.3) is 0 Å². The molecule has 0 saturated carbocycles. The highest BCUT2D eigenvalue weighted by Crippen LogP contribution is 2.05. The molecule has 0 aliphatic rings. The first-order valence-corrected chi connectivity index (χ1v) is 2.97. The Labute approximate surface area is 61.9 Å². The molecule has 0 aliphatic carbocycles. The Morgan fingerprint density at radius 2 is 1.70 bits per heavy atom. The van der Waals surface area contributed by atoms with Crippen LogP contribution < -0.4 is 0 Å². The lowest BCUT2D eigenvalue weighted by Crippen LogP contribution is -2.21. The molecule has 3 nitrogen and oxygen atoms in total. The average molecular weight is 145 g/mol. The molecule has 0 aromatic carbocycles. The van der Waals surface area contributed by atoms with Gasteiger partial charge in [-0.05, 0) is 27.5 Å². The van der Waals surface area contributed by atoms with Crippen LogP contribution in [0, 0.1) is 5.41 Å². The quantitative estimate of drug-likeness (QED) is 0.416. The van der Waals surface area contributed by atoms with Gasteiger partial charge >= 0.3 is 5.97 Å². The fraction of sp³-hybridized carbons (Fsp3) is 0.714. The van der Waals surface area contributed by atoms with E-state index in [0.29, 0.717) is 0 Å². The fourth-order valence-electron chi connectivity index (χ4n) is 0.431. The minimum absolute atomic E-state index is 0.225. The van der Waals surface area contributed by atoms with E-state index in [4.69, 9.17) is 10.1 Å². The third-order valence-electron chi connectivity index (χ3n) is 0.450. The zero-order valence-electron chi connectivity index (χ0n) is 7.02. The van der Waals surface area contributed by atoms with Crippen molar-refractivity contribution in [1.29, 1.82) is 5.41 Å². The SMILES string of the molecule is C=N.CC(=O)OC(C)(C)C. The maximum atomic E-state index is 10.2. The lowest BCUT2D eigenvalue weighted by molar-refractivity contribution is -0.151. The Morgan fingerprint density at radius 1 is 1.40 bits per heavy atom. The predicted molar refractivity (Wildman–Crippen MR) is 41.4 cm³/mol. The molecule has 0 bridgehead atoms. The van der Waals surface area contributed by atoms with Crippen molar-refractivity contribution in [3.05, 3.63) is 0 Å². The van der Waals surface area contributed by atoms with Gasteiger partial charge in [0.2, 0.25) is 0 Å². The van der Waals surface area contributed by atoms with Crippen LogP contribution in [-0.4, -0.2) is 18.3 Å². The van der Waals surface area contributed by atoms with Gasteiger partial charge in [0.25, 0.3) is 0 Å². The number of carbonyl (C=O) groups excluding carboxylic acids is 1. The predicted octanol–water partition coefficient (Wildman–Crippen LogP) is 1.61. The molecule has 0 radical (unpaired) electrons. The molecular formula is C7H15NO2. The zero-order valence-corrected chi connectivity index (χ0v) is 7.02. The van der Waals surface area contributed by atoms with Crippen molar-refractivity contribution in [1.82, 2.24) is 0 Å². The molecule has 0 atom stereocenters. The number of nitrogens with one attached hydrogen (secondary N) is 1. The van der Waals surface area contributed by atoms with E-state index in [9.17, 15) is 4.79 Å². The van der Waals surface area contributed by atoms with Crippen LogP contribution in [0.5, 0.6) is 0 Å². The number of hydrogen-bond donors (Lipinski definition) is 1. The largest absolute Gasteiger partial charge is 0.460 e. The van der Waals surface area contributed by atoms with E-state index in [1.165, 1.54) is 6.92 Å². The van der Waals surface area contributed by atoms with Gasteiger partial charge in [0, 0.05) is 6.92 Å². The van der Waals surface area contributed by atoms with Crippen molar-refractivity contribution in [2.75, 3.05) is 0 Å². The average Bonchev–Trinajstić information content (AvgIpc) is 1.64. The summed E-state index contributed by atoms with van der Waals surface area (Å²) >= 11 is 0. The first kappa shape index (κ1) is 11.9. The standard InChI is InChI=1S/C6H12O2.CH3N/c1-5(7)8-6(2,3)4;1-2/h1-4H3;2H,1H2. The van der Waals surface area contributed by atoms with Gasteiger partial charge in [-0.3, -0.25) is 4.79 Å². The maximum Gasteiger partial charge on any atom is 0.303 e. The van der Waals surface area contributed by atoms with Gasteiger partial charge in [-0.25, -0.2) is 0 Å². The number of hydrogen-bond acceptors (Lipinski definition) is 3. The van der Waals surface area contributed by atoms with Gasteiger partial charge in [0.15, 0.2) is 0 Å². The van der Waals surface area contributed by atoms with Crippen LogP contribution in [0.3, 0.4) is 0 Å². The monoisotopic (exact) mass is 145 g/mol. The maximum absolute atomic E-state index is 10.2. The number of rotatable bonds is 0. The first-order valence-electron chi connectivity index (χ1n) is 2.97. The van der Waals surface area contributed by atoms with Crippen molar-refractivity contribution in [2.24, 2.45) is 0 Å². The molecule has 3 heteroatoms. The summed E-state index contributed by atoms with van der Waals surface area (Å²) < 4.78 is 4.80. The van der Waals surface area contributed by atoms with Crippen molar-refractivity contribution in [2.45, 2.75) is 33.3 Å². The zero-order chi connectivity index (χ0) is 8.78. The molecule has 0 fully saturated rings. The Bertz CT molecular complexity index is 105. The highest BCUT2D eigenvalue weighted by molar-refractivity contribution is 5.66. The Morgan fingerprint density at radius 3 is 1.70 bits per heavy atom. The molecule has 0 aromatic rings. The normalized spacial score (nSPS) is 9.20. The third-order valence-corrected chi connectivity index (χ3v) is 0.450. The summed E-state index contributed by atoms with van der Waals surface area (Å²) in [6.45, 7) is 9.43. The highest BCUT2D eigenvalue weighted by Gasteiger charge is 2.11. The van der Waals surface area contributed by atoms with E-state index in [2.05, 4.69) is 6.72 Å². The van der Waals surface area contributed by atoms with Gasteiger partial charge in [-0.1, -0.05) is 0 Å². The minimum atomic E-state index is -0.328. The van der Waals surface area contributed by atoms with Gasteiger partial charge < -0.3 is 10.1 Å². The molecule has 0 amide bonds. The summed E-state index contributed by atoms with van der Waals surface area (Å²) in [4.78, 5) is 10.2. The van der Waals surface area contributed by atoms with Crippen molar-refractivity contribution < 1.29 is 9.53 Å². The van der Waals surface area contributed by atoms with E-state index in [-0.39, 0.29) is 11.6 Å². The van der Waals surface area contributed by atoms with Crippen molar-refractivity contribution in [3.8, 4) is 0 Å². The van der Waals surface area contributed by atoms with E-state index in [1.807, 2.05) is 20.8 Å². The Kier molecular flexibility index (Phi) is 5.90. The summed E-state index contributed by atoms with van der Waals surface area (Å²) in [5.74, 6) is -0.225. The number of carbonyl (C=O) groups is 1. The summed E-state index contributed by atoms with van der Waals surface area (Å²) in [6.07, 6.45) is 0. The van der Waals surface area contributed by atoms with Crippen LogP contribution >= 0.6 is 0 Å². The number of esters is 1. The molecule has 10 heavy (non-hydrogen) atoms. The van der Waals surface area contributed by atoms with Crippen molar-refractivity contribution >= 4 is 12.7 Å². The lowest BCUT2D eigenvalue weighted by atomic mass is 10.2. The lowest BCUT2D eigenvalue weighted by Gasteiger charge is -2.17. The van der Waals surface area contributed by atoms with E-state index in [1.54, 1.807) is 0 Å². The Hall–Kier alpha value is -0.860. The molecule has 0 spiro atoms. The summed E-state index contributed by atoms with van der Waals surface area (Å²) in [5, 5.41) is 5.50.